The van der Waals surface area contributed by atoms with Crippen molar-refractivity contribution in [3.05, 3.63) is 76.7 Å². The van der Waals surface area contributed by atoms with Crippen LogP contribution in [0.2, 0.25) is 0 Å². The molecular formula is C22H18F7N3O. The standard InChI is InChI=1S/C22H18F7N3O/c1-20(2,3)17-11-18(32(31-17)14-6-4-5-13(23)10-14)30-19(33)15-9-12(21(24,25)26)7-8-16(15)22(27,28)29/h4-11H,1-3H3,(H,30,33). The lowest BCUT2D eigenvalue weighted by Gasteiger charge is -2.16. The highest BCUT2D eigenvalue weighted by molar-refractivity contribution is 6.05. The maximum absolute atomic E-state index is 13.7. The SMILES string of the molecule is CC(C)(C)c1cc(NC(=O)c2cc(C(F)(F)F)ccc2C(F)(F)F)n(-c2cccc(F)c2)n1. The number of rotatable bonds is 3. The molecule has 0 radical (unpaired) electrons. The molecular weight excluding hydrogens is 455 g/mol. The quantitative estimate of drug-likeness (QED) is 0.436. The van der Waals surface area contributed by atoms with Crippen LogP contribution in [0.25, 0.3) is 5.69 Å². The second kappa shape index (κ2) is 8.20. The fraction of sp³-hybridized carbons (Fsp3) is 0.273. The number of nitrogens with zero attached hydrogens (tertiary/aromatic N) is 2. The Morgan fingerprint density at radius 3 is 2.12 bits per heavy atom. The Morgan fingerprint density at radius 2 is 1.58 bits per heavy atom. The van der Waals surface area contributed by atoms with Crippen LogP contribution in [-0.4, -0.2) is 15.7 Å². The summed E-state index contributed by atoms with van der Waals surface area (Å²) in [7, 11) is 0. The zero-order valence-corrected chi connectivity index (χ0v) is 17.6. The number of nitrogens with one attached hydrogen (secondary N) is 1. The Hall–Kier alpha value is -3.37. The van der Waals surface area contributed by atoms with Crippen molar-refractivity contribution in [1.29, 1.82) is 0 Å². The third-order valence-electron chi connectivity index (χ3n) is 4.67. The minimum Gasteiger partial charge on any atom is -0.306 e. The Morgan fingerprint density at radius 1 is 0.909 bits per heavy atom. The van der Waals surface area contributed by atoms with Gasteiger partial charge in [0.15, 0.2) is 0 Å². The van der Waals surface area contributed by atoms with E-state index in [0.29, 0.717) is 5.69 Å². The van der Waals surface area contributed by atoms with Gasteiger partial charge in [0.2, 0.25) is 0 Å². The normalized spacial score (nSPS) is 12.7. The van der Waals surface area contributed by atoms with Crippen molar-refractivity contribution < 1.29 is 35.5 Å². The number of carbonyl (C=O) groups excluding carboxylic acids is 1. The van der Waals surface area contributed by atoms with Crippen LogP contribution >= 0.6 is 0 Å². The maximum atomic E-state index is 13.7. The second-order valence-electron chi connectivity index (χ2n) is 8.27. The number of anilines is 1. The van der Waals surface area contributed by atoms with E-state index in [4.69, 9.17) is 0 Å². The summed E-state index contributed by atoms with van der Waals surface area (Å²) in [6.45, 7) is 5.35. The zero-order valence-electron chi connectivity index (χ0n) is 17.6. The van der Waals surface area contributed by atoms with Crippen LogP contribution in [0.15, 0.2) is 48.5 Å². The van der Waals surface area contributed by atoms with Crippen molar-refractivity contribution in [2.45, 2.75) is 38.5 Å². The molecule has 0 bridgehead atoms. The fourth-order valence-corrected chi connectivity index (χ4v) is 2.98. The Balaban J connectivity index is 2.12. The van der Waals surface area contributed by atoms with Crippen molar-refractivity contribution >= 4 is 11.7 Å². The van der Waals surface area contributed by atoms with Crippen LogP contribution in [-0.2, 0) is 17.8 Å². The van der Waals surface area contributed by atoms with E-state index in [9.17, 15) is 35.5 Å². The smallest absolute Gasteiger partial charge is 0.306 e. The van der Waals surface area contributed by atoms with E-state index in [1.54, 1.807) is 20.8 Å². The van der Waals surface area contributed by atoms with Crippen molar-refractivity contribution in [2.75, 3.05) is 5.32 Å². The lowest BCUT2D eigenvalue weighted by molar-refractivity contribution is -0.141. The first-order valence-electron chi connectivity index (χ1n) is 9.53. The first-order chi connectivity index (χ1) is 15.1. The lowest BCUT2D eigenvalue weighted by Crippen LogP contribution is -2.21. The topological polar surface area (TPSA) is 46.9 Å². The van der Waals surface area contributed by atoms with Crippen molar-refractivity contribution in [3.63, 3.8) is 0 Å². The monoisotopic (exact) mass is 473 g/mol. The van der Waals surface area contributed by atoms with Gasteiger partial charge in [-0.25, -0.2) is 9.07 Å². The van der Waals surface area contributed by atoms with E-state index < -0.39 is 46.2 Å². The van der Waals surface area contributed by atoms with Gasteiger partial charge in [0.1, 0.15) is 11.6 Å². The molecule has 3 aromatic rings. The van der Waals surface area contributed by atoms with Crippen LogP contribution in [0.5, 0.6) is 0 Å². The van der Waals surface area contributed by atoms with Gasteiger partial charge in [-0.3, -0.25) is 4.79 Å². The molecule has 11 heteroatoms. The number of amides is 1. The van der Waals surface area contributed by atoms with E-state index in [0.717, 1.165) is 16.8 Å². The van der Waals surface area contributed by atoms with Crippen LogP contribution in [0.1, 0.15) is 48.0 Å². The van der Waals surface area contributed by atoms with Gasteiger partial charge < -0.3 is 5.32 Å². The minimum atomic E-state index is -5.07. The molecule has 0 aliphatic rings. The molecule has 0 spiro atoms. The number of aromatic nitrogens is 2. The molecule has 0 fully saturated rings. The van der Waals surface area contributed by atoms with E-state index in [2.05, 4.69) is 10.4 Å². The van der Waals surface area contributed by atoms with Gasteiger partial charge in [-0.2, -0.15) is 31.4 Å². The molecule has 0 saturated heterocycles. The van der Waals surface area contributed by atoms with Crippen LogP contribution < -0.4 is 5.32 Å². The molecule has 1 amide bonds. The summed E-state index contributed by atoms with van der Waals surface area (Å²) < 4.78 is 94.3. The molecule has 0 aliphatic heterocycles. The van der Waals surface area contributed by atoms with Gasteiger partial charge in [-0.05, 0) is 36.4 Å². The first-order valence-corrected chi connectivity index (χ1v) is 9.53. The summed E-state index contributed by atoms with van der Waals surface area (Å²) in [6.07, 6.45) is -10.0. The van der Waals surface area contributed by atoms with Crippen LogP contribution in [0, 0.1) is 5.82 Å². The molecule has 3 rings (SSSR count). The third-order valence-corrected chi connectivity index (χ3v) is 4.67. The van der Waals surface area contributed by atoms with Gasteiger partial charge >= 0.3 is 12.4 Å². The summed E-state index contributed by atoms with van der Waals surface area (Å²) in [4.78, 5) is 12.8. The predicted molar refractivity (Wildman–Crippen MR) is 107 cm³/mol. The Bertz CT molecular complexity index is 1190. The molecule has 1 N–H and O–H groups in total. The Kier molecular flexibility index (Phi) is 6.03. The summed E-state index contributed by atoms with van der Waals surface area (Å²) in [5.41, 5.74) is -4.15. The molecule has 176 valence electrons. The van der Waals surface area contributed by atoms with Gasteiger partial charge in [0, 0.05) is 11.5 Å². The van der Waals surface area contributed by atoms with Crippen molar-refractivity contribution in [2.24, 2.45) is 0 Å². The number of benzene rings is 2. The summed E-state index contributed by atoms with van der Waals surface area (Å²) in [6, 6.07) is 7.04. The highest BCUT2D eigenvalue weighted by Crippen LogP contribution is 2.37. The van der Waals surface area contributed by atoms with E-state index >= 15 is 0 Å². The van der Waals surface area contributed by atoms with Gasteiger partial charge in [-0.1, -0.05) is 26.8 Å². The second-order valence-corrected chi connectivity index (χ2v) is 8.27. The number of alkyl halides is 6. The number of halogens is 7. The fourth-order valence-electron chi connectivity index (χ4n) is 2.98. The first kappa shape index (κ1) is 24.3. The summed E-state index contributed by atoms with van der Waals surface area (Å²) in [5.74, 6) is -2.19. The molecule has 2 aromatic carbocycles. The molecule has 0 aliphatic carbocycles. The number of hydrogen-bond donors (Lipinski definition) is 1. The molecule has 4 nitrogen and oxygen atoms in total. The van der Waals surface area contributed by atoms with Crippen molar-refractivity contribution in [1.82, 2.24) is 9.78 Å². The van der Waals surface area contributed by atoms with Gasteiger partial charge in [0.05, 0.1) is 28.1 Å². The predicted octanol–water partition coefficient (Wildman–Crippen LogP) is 6.60. The van der Waals surface area contributed by atoms with Gasteiger partial charge in [-0.15, -0.1) is 0 Å². The summed E-state index contributed by atoms with van der Waals surface area (Å²) >= 11 is 0. The van der Waals surface area contributed by atoms with E-state index in [1.165, 1.54) is 18.2 Å². The summed E-state index contributed by atoms with van der Waals surface area (Å²) in [5, 5.41) is 6.50. The minimum absolute atomic E-state index is 0.138. The largest absolute Gasteiger partial charge is 0.417 e. The highest BCUT2D eigenvalue weighted by atomic mass is 19.4. The Labute approximate surface area is 184 Å². The average molecular weight is 473 g/mol. The third kappa shape index (κ3) is 5.35. The zero-order chi connectivity index (χ0) is 24.8. The highest BCUT2D eigenvalue weighted by Gasteiger charge is 2.39. The molecule has 33 heavy (non-hydrogen) atoms. The lowest BCUT2D eigenvalue weighted by atomic mass is 9.92. The van der Waals surface area contributed by atoms with Crippen molar-refractivity contribution in [3.8, 4) is 5.69 Å². The number of hydrogen-bond acceptors (Lipinski definition) is 2. The molecule has 0 unspecified atom stereocenters. The maximum Gasteiger partial charge on any atom is 0.417 e. The molecule has 1 heterocycles. The molecule has 0 atom stereocenters. The van der Waals surface area contributed by atoms with Crippen LogP contribution in [0.3, 0.4) is 0 Å². The van der Waals surface area contributed by atoms with E-state index in [-0.39, 0.29) is 29.7 Å². The van der Waals surface area contributed by atoms with E-state index in [1.807, 2.05) is 0 Å². The molecule has 0 saturated carbocycles. The van der Waals surface area contributed by atoms with Crippen LogP contribution in [0.4, 0.5) is 36.6 Å². The number of carbonyl (C=O) groups is 1. The molecule has 1 aromatic heterocycles. The van der Waals surface area contributed by atoms with Gasteiger partial charge in [0.25, 0.3) is 5.91 Å². The average Bonchev–Trinajstić information content (AvgIpc) is 3.10.